The Labute approximate surface area is 185 Å². The van der Waals surface area contributed by atoms with E-state index < -0.39 is 9.84 Å². The van der Waals surface area contributed by atoms with Crippen molar-refractivity contribution < 1.29 is 13.2 Å². The van der Waals surface area contributed by atoms with Crippen LogP contribution in [0.5, 0.6) is 0 Å². The van der Waals surface area contributed by atoms with E-state index in [9.17, 15) is 13.2 Å². The second-order valence-electron chi connectivity index (χ2n) is 7.32. The lowest BCUT2D eigenvalue weighted by atomic mass is 10.1. The summed E-state index contributed by atoms with van der Waals surface area (Å²) >= 11 is 7.34. The number of benzene rings is 2. The average molecular weight is 464 g/mol. The molecule has 1 amide bonds. The number of para-hydroxylation sites is 1. The van der Waals surface area contributed by atoms with Crippen LogP contribution in [0, 0.1) is 0 Å². The third-order valence-electron chi connectivity index (χ3n) is 5.22. The zero-order valence-corrected chi connectivity index (χ0v) is 18.8. The smallest absolute Gasteiger partial charge is 0.234 e. The van der Waals surface area contributed by atoms with Gasteiger partial charge in [-0.2, -0.15) is 0 Å². The Morgan fingerprint density at radius 1 is 1.20 bits per heavy atom. The summed E-state index contributed by atoms with van der Waals surface area (Å²) in [6.07, 6.45) is 0.832. The number of carbonyl (C=O) groups is 1. The first-order valence-corrected chi connectivity index (χ1v) is 12.9. The lowest BCUT2D eigenvalue weighted by molar-refractivity contribution is -0.113. The van der Waals surface area contributed by atoms with E-state index in [4.69, 9.17) is 11.6 Å². The molecule has 0 spiro atoms. The summed E-state index contributed by atoms with van der Waals surface area (Å²) in [5, 5.41) is 4.24. The summed E-state index contributed by atoms with van der Waals surface area (Å²) in [5.74, 6) is 0.170. The van der Waals surface area contributed by atoms with Gasteiger partial charge in [0.1, 0.15) is 0 Å². The summed E-state index contributed by atoms with van der Waals surface area (Å²) in [6, 6.07) is 14.4. The second kappa shape index (κ2) is 8.61. The van der Waals surface area contributed by atoms with Crippen LogP contribution in [-0.2, 0) is 21.1 Å². The Balaban J connectivity index is 1.50. The number of halogens is 1. The van der Waals surface area contributed by atoms with Gasteiger partial charge in [-0.05, 0) is 42.3 Å². The van der Waals surface area contributed by atoms with E-state index in [1.54, 1.807) is 12.1 Å². The molecule has 0 aliphatic carbocycles. The van der Waals surface area contributed by atoms with Crippen molar-refractivity contribution >= 4 is 55.6 Å². The fourth-order valence-electron chi connectivity index (χ4n) is 3.80. The molecule has 2 aliphatic rings. The summed E-state index contributed by atoms with van der Waals surface area (Å²) in [6.45, 7) is 2.05. The Morgan fingerprint density at radius 3 is 2.67 bits per heavy atom. The van der Waals surface area contributed by atoms with Gasteiger partial charge in [-0.1, -0.05) is 48.5 Å². The molecule has 1 fully saturated rings. The molecule has 6 nitrogen and oxygen atoms in total. The quantitative estimate of drug-likeness (QED) is 0.732. The Hall–Kier alpha value is -2.03. The van der Waals surface area contributed by atoms with Gasteiger partial charge < -0.3 is 10.2 Å². The number of aliphatic imine (C=N–C) groups is 1. The first-order valence-electron chi connectivity index (χ1n) is 9.70. The number of anilines is 2. The molecule has 0 bridgehead atoms. The largest absolute Gasteiger partial charge is 0.325 e. The molecule has 9 heteroatoms. The number of nitrogens with one attached hydrogen (secondary N) is 1. The van der Waals surface area contributed by atoms with Crippen LogP contribution in [0.3, 0.4) is 0 Å². The zero-order valence-electron chi connectivity index (χ0n) is 16.4. The topological polar surface area (TPSA) is 78.8 Å². The van der Waals surface area contributed by atoms with Crippen LogP contribution >= 0.6 is 23.4 Å². The van der Waals surface area contributed by atoms with E-state index in [0.717, 1.165) is 23.4 Å². The molecular weight excluding hydrogens is 442 g/mol. The Kier molecular flexibility index (Phi) is 6.09. The van der Waals surface area contributed by atoms with Crippen molar-refractivity contribution in [2.75, 3.05) is 27.5 Å². The van der Waals surface area contributed by atoms with Crippen LogP contribution in [-0.4, -0.2) is 48.8 Å². The molecule has 1 N–H and O–H groups in total. The van der Waals surface area contributed by atoms with Crippen LogP contribution in [0.25, 0.3) is 0 Å². The number of hydrogen-bond donors (Lipinski definition) is 1. The minimum absolute atomic E-state index is 0.0435. The van der Waals surface area contributed by atoms with Gasteiger partial charge in [0.15, 0.2) is 15.0 Å². The second-order valence-corrected chi connectivity index (χ2v) is 10.8. The summed E-state index contributed by atoms with van der Waals surface area (Å²) < 4.78 is 24.2. The number of sulfone groups is 1. The number of nitrogens with zero attached hydrogens (tertiary/aromatic N) is 2. The first kappa shape index (κ1) is 21.2. The monoisotopic (exact) mass is 463 g/mol. The molecule has 30 heavy (non-hydrogen) atoms. The maximum Gasteiger partial charge on any atom is 0.234 e. The average Bonchev–Trinajstić information content (AvgIpc) is 3.18. The molecule has 2 aromatic carbocycles. The molecule has 0 unspecified atom stereocenters. The summed E-state index contributed by atoms with van der Waals surface area (Å²) in [5.41, 5.74) is 2.72. The van der Waals surface area contributed by atoms with Crippen molar-refractivity contribution in [3.63, 3.8) is 0 Å². The van der Waals surface area contributed by atoms with Crippen LogP contribution in [0.2, 0.25) is 5.02 Å². The van der Waals surface area contributed by atoms with E-state index in [0.29, 0.717) is 10.2 Å². The minimum Gasteiger partial charge on any atom is -0.325 e. The number of fused-ring (bicyclic) bond motifs is 1. The zero-order chi connectivity index (χ0) is 21.3. The Bertz CT molecular complexity index is 1090. The fraction of sp³-hybridized carbons (Fsp3) is 0.333. The molecule has 2 aliphatic heterocycles. The Morgan fingerprint density at radius 2 is 1.93 bits per heavy atom. The maximum absolute atomic E-state index is 12.6. The van der Waals surface area contributed by atoms with Crippen molar-refractivity contribution in [1.82, 2.24) is 0 Å². The number of carbonyl (C=O) groups excluding carboxylic acids is 1. The highest BCUT2D eigenvalue weighted by Gasteiger charge is 2.47. The normalized spacial score (nSPS) is 21.9. The number of hydrogen-bond acceptors (Lipinski definition) is 6. The van der Waals surface area contributed by atoms with Crippen LogP contribution < -0.4 is 10.2 Å². The standard InChI is InChI=1S/C21H22ClN3O3S2/c1-2-14-5-3-4-6-17(14)23-20(26)11-29-21-24-18-12-30(27,28)13-19(18)25(21)16-9-7-15(22)8-10-16/h3-10,18-19H,2,11-13H2,1H3,(H,23,26)/t18-,19+/m1/s1. The van der Waals surface area contributed by atoms with Gasteiger partial charge in [-0.15, -0.1) is 0 Å². The lowest BCUT2D eigenvalue weighted by Gasteiger charge is -2.26. The van der Waals surface area contributed by atoms with Gasteiger partial charge in [0.25, 0.3) is 0 Å². The van der Waals surface area contributed by atoms with Gasteiger partial charge in [0.2, 0.25) is 5.91 Å². The van der Waals surface area contributed by atoms with E-state index in [1.807, 2.05) is 48.2 Å². The van der Waals surface area contributed by atoms with E-state index in [-0.39, 0.29) is 35.2 Å². The van der Waals surface area contributed by atoms with Gasteiger partial charge in [-0.25, -0.2) is 8.42 Å². The van der Waals surface area contributed by atoms with E-state index in [2.05, 4.69) is 10.3 Å². The van der Waals surface area contributed by atoms with Gasteiger partial charge >= 0.3 is 0 Å². The van der Waals surface area contributed by atoms with Crippen molar-refractivity contribution in [3.8, 4) is 0 Å². The van der Waals surface area contributed by atoms with Crippen LogP contribution in [0.1, 0.15) is 12.5 Å². The maximum atomic E-state index is 12.6. The molecular formula is C21H22ClN3O3S2. The predicted octanol–water partition coefficient (Wildman–Crippen LogP) is 3.62. The minimum atomic E-state index is -3.12. The lowest BCUT2D eigenvalue weighted by Crippen LogP contribution is -2.39. The molecule has 158 valence electrons. The molecule has 4 rings (SSSR count). The predicted molar refractivity (Wildman–Crippen MR) is 125 cm³/mol. The SMILES string of the molecule is CCc1ccccc1NC(=O)CSC1=N[C@@H]2CS(=O)(=O)C[C@@H]2N1c1ccc(Cl)cc1. The van der Waals surface area contributed by atoms with E-state index in [1.165, 1.54) is 11.8 Å². The van der Waals surface area contributed by atoms with Crippen LogP contribution in [0.4, 0.5) is 11.4 Å². The summed E-state index contributed by atoms with van der Waals surface area (Å²) in [7, 11) is -3.12. The molecule has 1 saturated heterocycles. The molecule has 0 aromatic heterocycles. The van der Waals surface area contributed by atoms with Crippen molar-refractivity contribution in [3.05, 3.63) is 59.1 Å². The number of aryl methyl sites for hydroxylation is 1. The van der Waals surface area contributed by atoms with Gasteiger partial charge in [0, 0.05) is 16.4 Å². The highest BCUT2D eigenvalue weighted by Crippen LogP contribution is 2.35. The van der Waals surface area contributed by atoms with E-state index >= 15 is 0 Å². The number of thioether (sulfide) groups is 1. The highest BCUT2D eigenvalue weighted by molar-refractivity contribution is 8.14. The van der Waals surface area contributed by atoms with Gasteiger partial charge in [-0.3, -0.25) is 9.79 Å². The molecule has 0 saturated carbocycles. The van der Waals surface area contributed by atoms with Crippen molar-refractivity contribution in [2.24, 2.45) is 4.99 Å². The first-order chi connectivity index (χ1) is 14.4. The number of rotatable bonds is 5. The summed E-state index contributed by atoms with van der Waals surface area (Å²) in [4.78, 5) is 19.1. The number of amides is 1. The van der Waals surface area contributed by atoms with Crippen molar-refractivity contribution in [2.45, 2.75) is 25.4 Å². The van der Waals surface area contributed by atoms with Crippen molar-refractivity contribution in [1.29, 1.82) is 0 Å². The molecule has 2 heterocycles. The molecule has 0 radical (unpaired) electrons. The molecule has 2 aromatic rings. The number of amidine groups is 1. The van der Waals surface area contributed by atoms with Crippen LogP contribution in [0.15, 0.2) is 53.5 Å². The third kappa shape index (κ3) is 4.50. The molecule has 2 atom stereocenters. The highest BCUT2D eigenvalue weighted by atomic mass is 35.5. The third-order valence-corrected chi connectivity index (χ3v) is 8.13. The fourth-order valence-corrected chi connectivity index (χ4v) is 6.70. The van der Waals surface area contributed by atoms with Gasteiger partial charge in [0.05, 0.1) is 29.3 Å².